The maximum atomic E-state index is 13.3. The van der Waals surface area contributed by atoms with Gasteiger partial charge < -0.3 is 14.7 Å². The number of ketones is 1. The highest BCUT2D eigenvalue weighted by Crippen LogP contribution is 2.44. The number of hydrogen-bond donors (Lipinski definition) is 1. The number of carbonyl (C=O) groups excluding carboxylic acids is 2. The van der Waals surface area contributed by atoms with Crippen LogP contribution in [0.4, 0.5) is 11.4 Å². The zero-order valence-corrected chi connectivity index (χ0v) is 19.5. The monoisotopic (exact) mass is 460 g/mol. The smallest absolute Gasteiger partial charge is 0.300 e. The van der Waals surface area contributed by atoms with Crippen LogP contribution in [0.25, 0.3) is 5.76 Å². The van der Waals surface area contributed by atoms with Gasteiger partial charge in [0, 0.05) is 23.2 Å². The van der Waals surface area contributed by atoms with Gasteiger partial charge in [0.05, 0.1) is 17.8 Å². The van der Waals surface area contributed by atoms with Crippen LogP contribution in [-0.2, 0) is 9.59 Å². The molecule has 0 radical (unpaired) electrons. The van der Waals surface area contributed by atoms with Crippen molar-refractivity contribution < 1.29 is 19.4 Å². The van der Waals surface area contributed by atoms with Crippen LogP contribution in [0.5, 0.6) is 5.75 Å². The molecular weight excluding hydrogens is 436 g/mol. The number of amides is 1. The van der Waals surface area contributed by atoms with Gasteiger partial charge in [0.2, 0.25) is 0 Å². The summed E-state index contributed by atoms with van der Waals surface area (Å²) in [6, 6.07) is 14.1. The van der Waals surface area contributed by atoms with E-state index in [-0.39, 0.29) is 11.3 Å². The van der Waals surface area contributed by atoms with Crippen molar-refractivity contribution >= 4 is 40.2 Å². The minimum atomic E-state index is -0.697. The Morgan fingerprint density at radius 3 is 2.64 bits per heavy atom. The van der Waals surface area contributed by atoms with Gasteiger partial charge >= 0.3 is 0 Å². The molecule has 3 aromatic rings. The number of hydrogen-bond acceptors (Lipinski definition) is 6. The Balaban J connectivity index is 1.68. The first kappa shape index (κ1) is 21.3. The first-order valence-corrected chi connectivity index (χ1v) is 11.6. The number of benzene rings is 2. The van der Waals surface area contributed by atoms with Crippen molar-refractivity contribution in [2.75, 3.05) is 30.0 Å². The largest absolute Gasteiger partial charge is 0.507 e. The first-order chi connectivity index (χ1) is 15.9. The number of Topliss-reactive ketones (excluding diaryl/α,β-unsaturated/α-hetero) is 1. The van der Waals surface area contributed by atoms with Gasteiger partial charge in [0.1, 0.15) is 24.2 Å². The van der Waals surface area contributed by atoms with Crippen molar-refractivity contribution in [3.63, 3.8) is 0 Å². The van der Waals surface area contributed by atoms with E-state index in [1.165, 1.54) is 16.2 Å². The molecule has 168 valence electrons. The number of anilines is 2. The number of rotatable bonds is 3. The topological polar surface area (TPSA) is 70.1 Å². The van der Waals surface area contributed by atoms with E-state index in [9.17, 15) is 14.7 Å². The molecule has 6 nitrogen and oxygen atoms in total. The Morgan fingerprint density at radius 1 is 1.09 bits per heavy atom. The van der Waals surface area contributed by atoms with E-state index in [1.54, 1.807) is 18.2 Å². The van der Waals surface area contributed by atoms with E-state index in [2.05, 4.69) is 0 Å². The molecule has 3 heterocycles. The highest BCUT2D eigenvalue weighted by Gasteiger charge is 2.47. The molecule has 1 fully saturated rings. The molecule has 1 amide bonds. The number of carbonyl (C=O) groups is 2. The van der Waals surface area contributed by atoms with E-state index in [4.69, 9.17) is 4.74 Å². The Kier molecular flexibility index (Phi) is 5.21. The Morgan fingerprint density at radius 2 is 1.91 bits per heavy atom. The lowest BCUT2D eigenvalue weighted by molar-refractivity contribution is -0.132. The summed E-state index contributed by atoms with van der Waals surface area (Å²) in [6.45, 7) is 5.29. The summed E-state index contributed by atoms with van der Waals surface area (Å²) in [5.41, 5.74) is 4.17. The number of fused-ring (bicyclic) bond motifs is 1. The number of ether oxygens (including phenoxy) is 1. The standard InChI is InChI=1S/C26H24N2O4S/c1-15-6-8-18(13-16(15)2)28-23(21-5-4-12-33-21)22(25(30)26(28)31)24(29)17-7-9-20-19(14-17)27(3)10-11-32-20/h4-9,12-14,23,29H,10-11H2,1-3H3/b24-22-. The van der Waals surface area contributed by atoms with Crippen LogP contribution in [0.3, 0.4) is 0 Å². The lowest BCUT2D eigenvalue weighted by Gasteiger charge is -2.28. The molecule has 0 bridgehead atoms. The fraction of sp³-hybridized carbons (Fsp3) is 0.231. The summed E-state index contributed by atoms with van der Waals surface area (Å²) in [5, 5.41) is 13.3. The van der Waals surface area contributed by atoms with Gasteiger partial charge in [0.15, 0.2) is 0 Å². The van der Waals surface area contributed by atoms with Gasteiger partial charge in [0.25, 0.3) is 11.7 Å². The molecule has 0 saturated carbocycles. The van der Waals surface area contributed by atoms with Gasteiger partial charge in [-0.1, -0.05) is 12.1 Å². The molecule has 2 aliphatic heterocycles. The van der Waals surface area contributed by atoms with Gasteiger partial charge in [-0.2, -0.15) is 0 Å². The van der Waals surface area contributed by atoms with E-state index in [0.717, 1.165) is 34.0 Å². The predicted molar refractivity (Wildman–Crippen MR) is 130 cm³/mol. The van der Waals surface area contributed by atoms with E-state index < -0.39 is 17.7 Å². The molecule has 1 aromatic heterocycles. The molecule has 2 aliphatic rings. The zero-order chi connectivity index (χ0) is 23.3. The molecule has 0 spiro atoms. The van der Waals surface area contributed by atoms with E-state index >= 15 is 0 Å². The van der Waals surface area contributed by atoms with Gasteiger partial charge in [-0.05, 0) is 66.8 Å². The number of aliphatic hydroxyl groups is 1. The fourth-order valence-electron chi connectivity index (χ4n) is 4.34. The number of aryl methyl sites for hydroxylation is 2. The predicted octanol–water partition coefficient (Wildman–Crippen LogP) is 4.82. The van der Waals surface area contributed by atoms with Crippen LogP contribution in [0.1, 0.15) is 27.6 Å². The van der Waals surface area contributed by atoms with Crippen molar-refractivity contribution in [3.8, 4) is 5.75 Å². The number of nitrogens with zero attached hydrogens (tertiary/aromatic N) is 2. The molecule has 1 unspecified atom stereocenters. The molecule has 33 heavy (non-hydrogen) atoms. The van der Waals surface area contributed by atoms with E-state index in [1.807, 2.05) is 61.5 Å². The van der Waals surface area contributed by atoms with Crippen LogP contribution < -0.4 is 14.5 Å². The minimum Gasteiger partial charge on any atom is -0.507 e. The first-order valence-electron chi connectivity index (χ1n) is 10.8. The van der Waals surface area contributed by atoms with Crippen molar-refractivity contribution in [2.45, 2.75) is 19.9 Å². The average molecular weight is 461 g/mol. The number of likely N-dealkylation sites (N-methyl/N-ethyl adjacent to an activating group) is 1. The molecule has 5 rings (SSSR count). The Bertz CT molecular complexity index is 1300. The second kappa shape index (κ2) is 8.08. The fourth-order valence-corrected chi connectivity index (χ4v) is 5.17. The normalized spacial score (nSPS) is 19.5. The summed E-state index contributed by atoms with van der Waals surface area (Å²) in [4.78, 5) is 30.9. The summed E-state index contributed by atoms with van der Waals surface area (Å²) in [7, 11) is 1.95. The second-order valence-corrected chi connectivity index (χ2v) is 9.38. The molecule has 1 atom stereocenters. The molecule has 7 heteroatoms. The van der Waals surface area contributed by atoms with Gasteiger partial charge in [-0.3, -0.25) is 14.5 Å². The molecule has 1 N–H and O–H groups in total. The van der Waals surface area contributed by atoms with Crippen LogP contribution >= 0.6 is 11.3 Å². The lowest BCUT2D eigenvalue weighted by atomic mass is 9.99. The SMILES string of the molecule is Cc1ccc(N2C(=O)C(=O)/C(=C(\O)c3ccc4c(c3)N(C)CCO4)C2c2cccs2)cc1C. The third-order valence-corrected chi connectivity index (χ3v) is 7.28. The zero-order valence-electron chi connectivity index (χ0n) is 18.7. The maximum Gasteiger partial charge on any atom is 0.300 e. The molecule has 2 aromatic carbocycles. The molecule has 1 saturated heterocycles. The van der Waals surface area contributed by atoms with Crippen molar-refractivity contribution in [2.24, 2.45) is 0 Å². The summed E-state index contributed by atoms with van der Waals surface area (Å²) >= 11 is 1.45. The third kappa shape index (κ3) is 3.49. The average Bonchev–Trinajstić information content (AvgIpc) is 3.42. The molecular formula is C26H24N2O4S. The van der Waals surface area contributed by atoms with Gasteiger partial charge in [-0.25, -0.2) is 0 Å². The van der Waals surface area contributed by atoms with Gasteiger partial charge in [-0.15, -0.1) is 11.3 Å². The van der Waals surface area contributed by atoms with Crippen LogP contribution in [0, 0.1) is 13.8 Å². The second-order valence-electron chi connectivity index (χ2n) is 8.41. The lowest BCUT2D eigenvalue weighted by Crippen LogP contribution is -2.29. The number of aliphatic hydroxyl groups excluding tert-OH is 1. The summed E-state index contributed by atoms with van der Waals surface area (Å²) in [5.74, 6) is -0.784. The van der Waals surface area contributed by atoms with E-state index in [0.29, 0.717) is 17.9 Å². The third-order valence-electron chi connectivity index (χ3n) is 6.35. The summed E-state index contributed by atoms with van der Waals surface area (Å²) in [6.07, 6.45) is 0. The highest BCUT2D eigenvalue weighted by molar-refractivity contribution is 7.10. The quantitative estimate of drug-likeness (QED) is 0.345. The number of thiophene rings is 1. The van der Waals surface area contributed by atoms with Crippen LogP contribution in [0.2, 0.25) is 0 Å². The summed E-state index contributed by atoms with van der Waals surface area (Å²) < 4.78 is 5.70. The van der Waals surface area contributed by atoms with Crippen LogP contribution in [0.15, 0.2) is 59.5 Å². The van der Waals surface area contributed by atoms with Crippen molar-refractivity contribution in [3.05, 3.63) is 81.1 Å². The van der Waals surface area contributed by atoms with Crippen LogP contribution in [-0.4, -0.2) is 37.0 Å². The Labute approximate surface area is 196 Å². The maximum absolute atomic E-state index is 13.3. The highest BCUT2D eigenvalue weighted by atomic mass is 32.1. The molecule has 0 aliphatic carbocycles. The Hall–Kier alpha value is -3.58. The van der Waals surface area contributed by atoms with Crippen molar-refractivity contribution in [1.82, 2.24) is 0 Å². The van der Waals surface area contributed by atoms with Crippen molar-refractivity contribution in [1.29, 1.82) is 0 Å². The minimum absolute atomic E-state index is 0.0972.